The zero-order chi connectivity index (χ0) is 17.3. The number of nitrogens with zero attached hydrogens (tertiary/aromatic N) is 1. The summed E-state index contributed by atoms with van der Waals surface area (Å²) < 4.78 is 2.99. The fourth-order valence-corrected chi connectivity index (χ4v) is 24.4. The number of rotatable bonds is 5. The van der Waals surface area contributed by atoms with E-state index in [1.165, 1.54) is 5.79 Å². The average Bonchev–Trinajstić information content (AvgIpc) is 2.05. The Morgan fingerprint density at radius 3 is 1.33 bits per heavy atom. The van der Waals surface area contributed by atoms with Gasteiger partial charge in [0.25, 0.3) is 0 Å². The highest BCUT2D eigenvalue weighted by Gasteiger charge is 2.40. The van der Waals surface area contributed by atoms with Crippen molar-refractivity contribution in [3.63, 3.8) is 0 Å². The highest BCUT2D eigenvalue weighted by atomic mass is 31.1. The predicted molar refractivity (Wildman–Crippen MR) is 115 cm³/mol. The Bertz CT molecular complexity index is 385. The molecule has 0 aliphatic rings. The minimum atomic E-state index is -1.32. The van der Waals surface area contributed by atoms with Crippen LogP contribution in [0.5, 0.6) is 0 Å². The molecule has 0 aliphatic carbocycles. The minimum Gasteiger partial charge on any atom is -0.315 e. The molecule has 0 bridgehead atoms. The van der Waals surface area contributed by atoms with Gasteiger partial charge in [-0.25, -0.2) is 0 Å². The fraction of sp³-hybridized carbons (Fsp3) is 0.867. The van der Waals surface area contributed by atoms with Crippen LogP contribution in [0.4, 0.5) is 0 Å². The molecule has 0 N–H and O–H groups in total. The molecular weight excluding hydrogens is 337 g/mol. The van der Waals surface area contributed by atoms with Gasteiger partial charge in [-0.1, -0.05) is 84.2 Å². The largest absolute Gasteiger partial charge is 0.315 e. The second kappa shape index (κ2) is 7.15. The van der Waals surface area contributed by atoms with Gasteiger partial charge in [0, 0.05) is 8.07 Å². The lowest BCUT2D eigenvalue weighted by atomic mass is 11.4. The Hall–Kier alpha value is 0.818. The second-order valence-electron chi connectivity index (χ2n) is 10.3. The van der Waals surface area contributed by atoms with Crippen molar-refractivity contribution in [2.75, 3.05) is 5.79 Å². The van der Waals surface area contributed by atoms with E-state index in [4.69, 9.17) is 0 Å². The van der Waals surface area contributed by atoms with Gasteiger partial charge in [-0.05, 0) is 5.79 Å². The molecule has 1 unspecified atom stereocenters. The molecular formula is C15H38NPSi4. The molecule has 1 nitrogen and oxygen atoms in total. The van der Waals surface area contributed by atoms with E-state index in [2.05, 4.69) is 93.8 Å². The van der Waals surface area contributed by atoms with Crippen molar-refractivity contribution in [3.05, 3.63) is 0 Å². The molecule has 0 radical (unpaired) electrons. The lowest BCUT2D eigenvalue weighted by Crippen LogP contribution is -2.56. The summed E-state index contributed by atoms with van der Waals surface area (Å²) >= 11 is 0. The SMILES string of the molecule is C[Si](C)(C)C#CP(C[Si](C)(C)C)N([Si](C)(C)C)[Si](C)(C)C. The van der Waals surface area contributed by atoms with Crippen molar-refractivity contribution in [1.82, 2.24) is 4.00 Å². The summed E-state index contributed by atoms with van der Waals surface area (Å²) in [6.45, 7) is 29.7. The van der Waals surface area contributed by atoms with Crippen molar-refractivity contribution in [1.29, 1.82) is 0 Å². The van der Waals surface area contributed by atoms with E-state index in [1.807, 2.05) is 0 Å². The quantitative estimate of drug-likeness (QED) is 0.320. The molecule has 0 aliphatic heterocycles. The fourth-order valence-electron chi connectivity index (χ4n) is 2.57. The summed E-state index contributed by atoms with van der Waals surface area (Å²) in [5.74, 6) is 1.38. The molecule has 0 amide bonds. The third kappa shape index (κ3) is 9.53. The van der Waals surface area contributed by atoms with Gasteiger partial charge < -0.3 is 4.00 Å². The minimum absolute atomic E-state index is 0.260. The van der Waals surface area contributed by atoms with Gasteiger partial charge in [-0.2, -0.15) is 0 Å². The van der Waals surface area contributed by atoms with Crippen LogP contribution in [0.15, 0.2) is 0 Å². The molecule has 6 heteroatoms. The Labute approximate surface area is 140 Å². The summed E-state index contributed by atoms with van der Waals surface area (Å²) in [4.78, 5) is 0. The highest BCUT2D eigenvalue weighted by Crippen LogP contribution is 2.48. The predicted octanol–water partition coefficient (Wildman–Crippen LogP) is 6.07. The van der Waals surface area contributed by atoms with Crippen LogP contribution in [0.25, 0.3) is 0 Å². The van der Waals surface area contributed by atoms with Gasteiger partial charge >= 0.3 is 0 Å². The summed E-state index contributed by atoms with van der Waals surface area (Å²) in [5, 5.41) is 0. The van der Waals surface area contributed by atoms with Crippen LogP contribution in [-0.4, -0.2) is 42.4 Å². The van der Waals surface area contributed by atoms with E-state index in [9.17, 15) is 0 Å². The van der Waals surface area contributed by atoms with E-state index >= 15 is 0 Å². The van der Waals surface area contributed by atoms with E-state index in [0.717, 1.165) is 0 Å². The summed E-state index contributed by atoms with van der Waals surface area (Å²) in [7, 11) is -5.28. The molecule has 1 atom stereocenters. The summed E-state index contributed by atoms with van der Waals surface area (Å²) in [5.41, 5.74) is 7.55. The van der Waals surface area contributed by atoms with E-state index in [-0.39, 0.29) is 8.07 Å². The molecule has 0 heterocycles. The van der Waals surface area contributed by atoms with Crippen LogP contribution in [0.3, 0.4) is 0 Å². The Kier molecular flexibility index (Phi) is 7.43. The van der Waals surface area contributed by atoms with Crippen LogP contribution in [0.1, 0.15) is 0 Å². The average molecular weight is 376 g/mol. The highest BCUT2D eigenvalue weighted by molar-refractivity contribution is 7.67. The first-order valence-electron chi connectivity index (χ1n) is 8.04. The lowest BCUT2D eigenvalue weighted by molar-refractivity contribution is 0.977. The van der Waals surface area contributed by atoms with Crippen molar-refractivity contribution in [3.8, 4) is 11.2 Å². The Balaban J connectivity index is 5.78. The molecule has 0 aromatic carbocycles. The summed E-state index contributed by atoms with van der Waals surface area (Å²) in [6.07, 6.45) is 0. The van der Waals surface area contributed by atoms with Gasteiger partial charge in [0.2, 0.25) is 0 Å². The van der Waals surface area contributed by atoms with Crippen molar-refractivity contribution >= 4 is 40.7 Å². The van der Waals surface area contributed by atoms with Crippen LogP contribution in [0, 0.1) is 11.2 Å². The lowest BCUT2D eigenvalue weighted by Gasteiger charge is -2.48. The first-order chi connectivity index (χ1) is 8.93. The molecule has 0 aromatic rings. The molecule has 0 fully saturated rings. The number of hydrogen-bond acceptors (Lipinski definition) is 1. The van der Waals surface area contributed by atoms with E-state index in [1.54, 1.807) is 0 Å². The maximum Gasteiger partial charge on any atom is 0.129 e. The standard InChI is InChI=1S/C15H38NPSi4/c1-18(2,3)14-13-17(15-19(4,5)6)16(20(7,8)9)21(10,11)12/h15H2,1-12H3. The van der Waals surface area contributed by atoms with E-state index < -0.39 is 32.6 Å². The first kappa shape index (κ1) is 21.8. The Morgan fingerprint density at radius 2 is 1.10 bits per heavy atom. The van der Waals surface area contributed by atoms with Crippen molar-refractivity contribution < 1.29 is 0 Å². The molecule has 0 saturated carbocycles. The summed E-state index contributed by atoms with van der Waals surface area (Å²) in [6, 6.07) is 0. The van der Waals surface area contributed by atoms with Gasteiger partial charge in [0.1, 0.15) is 24.5 Å². The van der Waals surface area contributed by atoms with E-state index in [0.29, 0.717) is 0 Å². The zero-order valence-corrected chi connectivity index (χ0v) is 21.5. The third-order valence-electron chi connectivity index (χ3n) is 2.70. The molecule has 21 heavy (non-hydrogen) atoms. The smallest absolute Gasteiger partial charge is 0.129 e. The maximum atomic E-state index is 3.84. The van der Waals surface area contributed by atoms with Crippen LogP contribution >= 0.6 is 8.07 Å². The van der Waals surface area contributed by atoms with Crippen molar-refractivity contribution in [2.45, 2.75) is 78.6 Å². The third-order valence-corrected chi connectivity index (χ3v) is 21.2. The molecule has 124 valence electrons. The first-order valence-corrected chi connectivity index (χ1v) is 23.6. The van der Waals surface area contributed by atoms with Crippen LogP contribution in [0.2, 0.25) is 78.6 Å². The topological polar surface area (TPSA) is 3.24 Å². The maximum absolute atomic E-state index is 3.84. The van der Waals surface area contributed by atoms with Gasteiger partial charge in [-0.15, -0.1) is 5.54 Å². The van der Waals surface area contributed by atoms with Gasteiger partial charge in [-0.3, -0.25) is 0 Å². The van der Waals surface area contributed by atoms with Crippen LogP contribution < -0.4 is 0 Å². The van der Waals surface area contributed by atoms with Crippen molar-refractivity contribution in [2.24, 2.45) is 0 Å². The normalized spacial score (nSPS) is 15.7. The molecule has 0 saturated heterocycles. The Morgan fingerprint density at radius 1 is 0.714 bits per heavy atom. The number of hydrogen-bond donors (Lipinski definition) is 0. The second-order valence-corrected chi connectivity index (χ2v) is 33.6. The van der Waals surface area contributed by atoms with Gasteiger partial charge in [0.15, 0.2) is 0 Å². The van der Waals surface area contributed by atoms with Crippen LogP contribution in [-0.2, 0) is 0 Å². The monoisotopic (exact) mass is 375 g/mol. The van der Waals surface area contributed by atoms with Gasteiger partial charge in [0.05, 0.1) is 8.07 Å². The molecule has 0 rings (SSSR count). The molecule has 0 spiro atoms. The molecule has 0 aromatic heterocycles. The zero-order valence-electron chi connectivity index (χ0n) is 16.6.